The lowest BCUT2D eigenvalue weighted by molar-refractivity contribution is 0.525. The van der Waals surface area contributed by atoms with Crippen LogP contribution in [0.1, 0.15) is 30.6 Å². The van der Waals surface area contributed by atoms with Crippen molar-refractivity contribution in [3.05, 3.63) is 59.9 Å². The van der Waals surface area contributed by atoms with Crippen molar-refractivity contribution in [3.63, 3.8) is 0 Å². The van der Waals surface area contributed by atoms with Gasteiger partial charge in [-0.3, -0.25) is 0 Å². The zero-order valence-electron chi connectivity index (χ0n) is 12.2. The van der Waals surface area contributed by atoms with Crippen LogP contribution in [0, 0.1) is 0 Å². The summed E-state index contributed by atoms with van der Waals surface area (Å²) in [4.78, 5) is 0. The average molecular weight is 280 g/mol. The van der Waals surface area contributed by atoms with Gasteiger partial charge in [0, 0.05) is 6.54 Å². The van der Waals surface area contributed by atoms with E-state index < -0.39 is 0 Å². The molecule has 1 unspecified atom stereocenters. The van der Waals surface area contributed by atoms with Crippen molar-refractivity contribution >= 4 is 10.8 Å². The summed E-state index contributed by atoms with van der Waals surface area (Å²) in [5, 5.41) is 10.6. The van der Waals surface area contributed by atoms with Gasteiger partial charge in [-0.1, -0.05) is 54.6 Å². The fraction of sp³-hybridized carbons (Fsp3) is 0.294. The Morgan fingerprint density at radius 3 is 2.76 bits per heavy atom. The van der Waals surface area contributed by atoms with E-state index in [9.17, 15) is 0 Å². The van der Waals surface area contributed by atoms with Gasteiger partial charge >= 0.3 is 0 Å². The van der Waals surface area contributed by atoms with E-state index in [2.05, 4.69) is 59.7 Å². The summed E-state index contributed by atoms with van der Waals surface area (Å²) < 4.78 is 1.91. The SMILES string of the molecule is CCCn1nncc1C(N)Cc1ccc2ccccc2c1. The van der Waals surface area contributed by atoms with Gasteiger partial charge in [-0.05, 0) is 29.2 Å². The van der Waals surface area contributed by atoms with Gasteiger partial charge in [-0.25, -0.2) is 4.68 Å². The molecule has 0 saturated carbocycles. The van der Waals surface area contributed by atoms with Crippen LogP contribution in [0.2, 0.25) is 0 Å². The highest BCUT2D eigenvalue weighted by atomic mass is 15.4. The molecule has 0 aliphatic heterocycles. The number of aryl methyl sites for hydroxylation is 1. The van der Waals surface area contributed by atoms with Gasteiger partial charge in [0.05, 0.1) is 17.9 Å². The molecular weight excluding hydrogens is 260 g/mol. The number of fused-ring (bicyclic) bond motifs is 1. The predicted molar refractivity (Wildman–Crippen MR) is 84.9 cm³/mol. The van der Waals surface area contributed by atoms with Crippen molar-refractivity contribution < 1.29 is 0 Å². The highest BCUT2D eigenvalue weighted by molar-refractivity contribution is 5.82. The Hall–Kier alpha value is -2.20. The molecule has 2 N–H and O–H groups in total. The molecule has 0 saturated heterocycles. The lowest BCUT2D eigenvalue weighted by atomic mass is 10.0. The molecule has 4 nitrogen and oxygen atoms in total. The Bertz CT molecular complexity index is 732. The summed E-state index contributed by atoms with van der Waals surface area (Å²) in [6.07, 6.45) is 3.60. The van der Waals surface area contributed by atoms with E-state index in [-0.39, 0.29) is 6.04 Å². The highest BCUT2D eigenvalue weighted by Gasteiger charge is 2.13. The maximum atomic E-state index is 6.35. The predicted octanol–water partition coefficient (Wildman–Crippen LogP) is 3.08. The van der Waals surface area contributed by atoms with Crippen molar-refractivity contribution in [3.8, 4) is 0 Å². The number of aromatic nitrogens is 3. The van der Waals surface area contributed by atoms with Gasteiger partial charge in [0.15, 0.2) is 0 Å². The Morgan fingerprint density at radius 2 is 1.95 bits per heavy atom. The number of hydrogen-bond donors (Lipinski definition) is 1. The summed E-state index contributed by atoms with van der Waals surface area (Å²) in [6, 6.07) is 14.8. The topological polar surface area (TPSA) is 56.7 Å². The molecule has 1 aromatic heterocycles. The van der Waals surface area contributed by atoms with Crippen LogP contribution in [0.4, 0.5) is 0 Å². The Labute approximate surface area is 124 Å². The second-order valence-corrected chi connectivity index (χ2v) is 5.37. The standard InChI is InChI=1S/C17H20N4/c1-2-9-21-17(12-19-20-21)16(18)11-13-7-8-14-5-3-4-6-15(14)10-13/h3-8,10,12,16H,2,9,11,18H2,1H3. The Morgan fingerprint density at radius 1 is 1.14 bits per heavy atom. The number of nitrogens with two attached hydrogens (primary N) is 1. The maximum Gasteiger partial charge on any atom is 0.0757 e. The summed E-state index contributed by atoms with van der Waals surface area (Å²) in [5.74, 6) is 0. The molecule has 1 atom stereocenters. The second kappa shape index (κ2) is 6.06. The van der Waals surface area contributed by atoms with Crippen LogP contribution in [-0.2, 0) is 13.0 Å². The Balaban J connectivity index is 1.82. The van der Waals surface area contributed by atoms with Gasteiger partial charge in [0.1, 0.15) is 0 Å². The molecule has 0 fully saturated rings. The first kappa shape index (κ1) is 13.8. The normalized spacial score (nSPS) is 12.7. The molecule has 2 aromatic carbocycles. The molecule has 1 heterocycles. The molecule has 21 heavy (non-hydrogen) atoms. The molecule has 0 aliphatic rings. The van der Waals surface area contributed by atoms with Crippen LogP contribution in [0.5, 0.6) is 0 Å². The van der Waals surface area contributed by atoms with Crippen molar-refractivity contribution in [2.45, 2.75) is 32.4 Å². The number of hydrogen-bond acceptors (Lipinski definition) is 3. The van der Waals surface area contributed by atoms with Crippen LogP contribution in [-0.4, -0.2) is 15.0 Å². The lowest BCUT2D eigenvalue weighted by Gasteiger charge is -2.13. The van der Waals surface area contributed by atoms with Crippen molar-refractivity contribution in [1.82, 2.24) is 15.0 Å². The van der Waals surface area contributed by atoms with Crippen LogP contribution >= 0.6 is 0 Å². The molecular formula is C17H20N4. The fourth-order valence-electron chi connectivity index (χ4n) is 2.66. The first-order chi connectivity index (χ1) is 10.3. The summed E-state index contributed by atoms with van der Waals surface area (Å²) in [6.45, 7) is 2.99. The molecule has 0 bridgehead atoms. The zero-order valence-corrected chi connectivity index (χ0v) is 12.2. The second-order valence-electron chi connectivity index (χ2n) is 5.37. The van der Waals surface area contributed by atoms with Crippen LogP contribution in [0.25, 0.3) is 10.8 Å². The van der Waals surface area contributed by atoms with Gasteiger partial charge in [-0.15, -0.1) is 5.10 Å². The molecule has 3 aromatic rings. The third kappa shape index (κ3) is 2.95. The van der Waals surface area contributed by atoms with Gasteiger partial charge in [0.2, 0.25) is 0 Å². The molecule has 108 valence electrons. The third-order valence-electron chi connectivity index (χ3n) is 3.73. The fourth-order valence-corrected chi connectivity index (χ4v) is 2.66. The minimum atomic E-state index is -0.0762. The van der Waals surface area contributed by atoms with E-state index in [1.807, 2.05) is 4.68 Å². The van der Waals surface area contributed by atoms with Crippen molar-refractivity contribution in [2.75, 3.05) is 0 Å². The zero-order chi connectivity index (χ0) is 14.7. The number of rotatable bonds is 5. The van der Waals surface area contributed by atoms with Gasteiger partial charge in [-0.2, -0.15) is 0 Å². The van der Waals surface area contributed by atoms with Gasteiger partial charge in [0.25, 0.3) is 0 Å². The third-order valence-corrected chi connectivity index (χ3v) is 3.73. The molecule has 0 amide bonds. The van der Waals surface area contributed by atoms with E-state index in [0.29, 0.717) is 0 Å². The molecule has 0 spiro atoms. The molecule has 3 rings (SSSR count). The maximum absolute atomic E-state index is 6.35. The van der Waals surface area contributed by atoms with Crippen LogP contribution in [0.3, 0.4) is 0 Å². The largest absolute Gasteiger partial charge is 0.322 e. The summed E-state index contributed by atoms with van der Waals surface area (Å²) in [7, 11) is 0. The average Bonchev–Trinajstić information content (AvgIpc) is 2.96. The quantitative estimate of drug-likeness (QED) is 0.781. The van der Waals surface area contributed by atoms with Crippen LogP contribution < -0.4 is 5.73 Å². The van der Waals surface area contributed by atoms with E-state index in [1.54, 1.807) is 6.20 Å². The van der Waals surface area contributed by atoms with E-state index >= 15 is 0 Å². The lowest BCUT2D eigenvalue weighted by Crippen LogP contribution is -2.18. The smallest absolute Gasteiger partial charge is 0.0757 e. The van der Waals surface area contributed by atoms with Crippen LogP contribution in [0.15, 0.2) is 48.7 Å². The molecule has 0 radical (unpaired) electrons. The number of nitrogens with zero attached hydrogens (tertiary/aromatic N) is 3. The van der Waals surface area contributed by atoms with Crippen molar-refractivity contribution in [1.29, 1.82) is 0 Å². The van der Waals surface area contributed by atoms with E-state index in [1.165, 1.54) is 16.3 Å². The monoisotopic (exact) mass is 280 g/mol. The summed E-state index contributed by atoms with van der Waals surface area (Å²) >= 11 is 0. The summed E-state index contributed by atoms with van der Waals surface area (Å²) in [5.41, 5.74) is 8.59. The minimum Gasteiger partial charge on any atom is -0.322 e. The Kier molecular flexibility index (Phi) is 3.97. The van der Waals surface area contributed by atoms with E-state index in [4.69, 9.17) is 5.73 Å². The van der Waals surface area contributed by atoms with Gasteiger partial charge < -0.3 is 5.73 Å². The highest BCUT2D eigenvalue weighted by Crippen LogP contribution is 2.20. The van der Waals surface area contributed by atoms with E-state index in [0.717, 1.165) is 25.1 Å². The minimum absolute atomic E-state index is 0.0762. The first-order valence-corrected chi connectivity index (χ1v) is 7.39. The molecule has 4 heteroatoms. The number of benzene rings is 2. The molecule has 0 aliphatic carbocycles. The van der Waals surface area contributed by atoms with Crippen molar-refractivity contribution in [2.24, 2.45) is 5.73 Å². The first-order valence-electron chi connectivity index (χ1n) is 7.39.